The highest BCUT2D eigenvalue weighted by Crippen LogP contribution is 2.33. The van der Waals surface area contributed by atoms with Crippen LogP contribution in [-0.2, 0) is 16.6 Å². The van der Waals surface area contributed by atoms with Crippen molar-refractivity contribution in [2.24, 2.45) is 0 Å². The molecule has 9 heteroatoms. The minimum atomic E-state index is -3.78. The van der Waals surface area contributed by atoms with E-state index in [0.717, 1.165) is 5.56 Å². The normalized spacial score (nSPS) is 13.7. The Morgan fingerprint density at radius 2 is 1.92 bits per heavy atom. The maximum absolute atomic E-state index is 13.0. The monoisotopic (exact) mass is 379 g/mol. The van der Waals surface area contributed by atoms with Crippen molar-refractivity contribution in [1.82, 2.24) is 14.4 Å². The van der Waals surface area contributed by atoms with E-state index in [9.17, 15) is 8.42 Å². The predicted octanol–water partition coefficient (Wildman–Crippen LogP) is 2.06. The van der Waals surface area contributed by atoms with Gasteiger partial charge >= 0.3 is 0 Å². The van der Waals surface area contributed by atoms with Crippen LogP contribution >= 0.6 is 0 Å². The molecule has 1 aliphatic rings. The molecule has 0 fully saturated rings. The molecule has 2 aromatic rings. The molecule has 0 bridgehead atoms. The van der Waals surface area contributed by atoms with Crippen LogP contribution in [0.2, 0.25) is 0 Å². The van der Waals surface area contributed by atoms with Crippen LogP contribution < -0.4 is 9.47 Å². The van der Waals surface area contributed by atoms with Crippen molar-refractivity contribution in [1.29, 1.82) is 0 Å². The fourth-order valence-electron chi connectivity index (χ4n) is 2.55. The summed E-state index contributed by atoms with van der Waals surface area (Å²) in [7, 11) is 1.40. The number of hydrogen-bond acceptors (Lipinski definition) is 7. The largest absolute Gasteiger partial charge is 0.454 e. The van der Waals surface area contributed by atoms with Crippen LogP contribution in [0.15, 0.2) is 33.8 Å². The number of rotatable bonds is 6. The molecule has 0 saturated heterocycles. The molecule has 0 atom stereocenters. The lowest BCUT2D eigenvalue weighted by atomic mass is 10.2. The van der Waals surface area contributed by atoms with E-state index < -0.39 is 10.0 Å². The zero-order valence-corrected chi connectivity index (χ0v) is 15.9. The first-order chi connectivity index (χ1) is 12.3. The molecular weight excluding hydrogens is 358 g/mol. The number of aromatic nitrogens is 1. The average molecular weight is 379 g/mol. The summed E-state index contributed by atoms with van der Waals surface area (Å²) in [5, 5.41) is 3.81. The second kappa shape index (κ2) is 7.00. The van der Waals surface area contributed by atoms with E-state index in [0.29, 0.717) is 17.2 Å². The summed E-state index contributed by atoms with van der Waals surface area (Å²) in [4.78, 5) is 1.85. The molecule has 26 heavy (non-hydrogen) atoms. The molecule has 0 amide bonds. The quantitative estimate of drug-likeness (QED) is 0.759. The van der Waals surface area contributed by atoms with Gasteiger partial charge in [-0.15, -0.1) is 0 Å². The SMILES string of the molecule is Cc1noc(/C=C/N(C)C)c1S(=O)(=O)N(C)Cc1ccc2c(c1)OCO2. The molecule has 0 unspecified atom stereocenters. The molecule has 2 heterocycles. The molecule has 0 saturated carbocycles. The van der Waals surface area contributed by atoms with Crippen molar-refractivity contribution in [2.45, 2.75) is 18.4 Å². The van der Waals surface area contributed by atoms with Gasteiger partial charge in [-0.1, -0.05) is 11.2 Å². The van der Waals surface area contributed by atoms with Gasteiger partial charge in [0.15, 0.2) is 22.2 Å². The Bertz CT molecular complexity index is 934. The van der Waals surface area contributed by atoms with Gasteiger partial charge in [-0.3, -0.25) is 0 Å². The fourth-order valence-corrected chi connectivity index (χ4v) is 3.95. The van der Waals surface area contributed by atoms with Crippen molar-refractivity contribution < 1.29 is 22.4 Å². The molecule has 0 aliphatic carbocycles. The van der Waals surface area contributed by atoms with Crippen molar-refractivity contribution in [3.63, 3.8) is 0 Å². The Morgan fingerprint density at radius 3 is 2.65 bits per heavy atom. The van der Waals surface area contributed by atoms with Crippen molar-refractivity contribution in [2.75, 3.05) is 27.9 Å². The Morgan fingerprint density at radius 1 is 1.19 bits per heavy atom. The molecule has 0 N–H and O–H groups in total. The second-order valence-electron chi connectivity index (χ2n) is 6.19. The fraction of sp³-hybridized carbons (Fsp3) is 0.353. The first-order valence-electron chi connectivity index (χ1n) is 7.95. The predicted molar refractivity (Wildman–Crippen MR) is 95.2 cm³/mol. The number of aryl methyl sites for hydroxylation is 1. The Hall–Kier alpha value is -2.52. The van der Waals surface area contributed by atoms with Crippen LogP contribution in [0.4, 0.5) is 0 Å². The first kappa shape index (κ1) is 18.3. The zero-order chi connectivity index (χ0) is 18.9. The molecule has 0 radical (unpaired) electrons. The van der Waals surface area contributed by atoms with E-state index in [1.807, 2.05) is 20.2 Å². The molecule has 1 aromatic carbocycles. The molecule has 0 spiro atoms. The van der Waals surface area contributed by atoms with Gasteiger partial charge in [0, 0.05) is 40.0 Å². The van der Waals surface area contributed by atoms with Crippen LogP contribution in [-0.4, -0.2) is 50.7 Å². The third kappa shape index (κ3) is 3.54. The highest BCUT2D eigenvalue weighted by Gasteiger charge is 2.29. The summed E-state index contributed by atoms with van der Waals surface area (Å²) in [6.07, 6.45) is 3.29. The number of ether oxygens (including phenoxy) is 2. The van der Waals surface area contributed by atoms with Gasteiger partial charge in [-0.25, -0.2) is 8.42 Å². The summed E-state index contributed by atoms with van der Waals surface area (Å²) in [6, 6.07) is 5.36. The molecule has 140 valence electrons. The molecule has 3 rings (SSSR count). The minimum Gasteiger partial charge on any atom is -0.454 e. The molecular formula is C17H21N3O5S. The van der Waals surface area contributed by atoms with Crippen molar-refractivity contribution in [3.8, 4) is 11.5 Å². The Balaban J connectivity index is 1.87. The van der Waals surface area contributed by atoms with E-state index in [2.05, 4.69) is 5.16 Å². The van der Waals surface area contributed by atoms with E-state index >= 15 is 0 Å². The first-order valence-corrected chi connectivity index (χ1v) is 9.39. The van der Waals surface area contributed by atoms with Crippen LogP contribution in [0.3, 0.4) is 0 Å². The number of sulfonamides is 1. The van der Waals surface area contributed by atoms with Crippen LogP contribution in [0.25, 0.3) is 6.08 Å². The van der Waals surface area contributed by atoms with Crippen LogP contribution in [0, 0.1) is 6.92 Å². The molecule has 1 aliphatic heterocycles. The maximum atomic E-state index is 13.0. The van der Waals surface area contributed by atoms with Gasteiger partial charge in [0.05, 0.1) is 0 Å². The lowest BCUT2D eigenvalue weighted by Gasteiger charge is -2.17. The third-order valence-corrected chi connectivity index (χ3v) is 5.83. The number of fused-ring (bicyclic) bond motifs is 1. The maximum Gasteiger partial charge on any atom is 0.248 e. The topological polar surface area (TPSA) is 85.1 Å². The zero-order valence-electron chi connectivity index (χ0n) is 15.1. The molecule has 1 aromatic heterocycles. The lowest BCUT2D eigenvalue weighted by molar-refractivity contribution is 0.174. The number of benzene rings is 1. The van der Waals surface area contributed by atoms with E-state index in [1.165, 1.54) is 11.4 Å². The highest BCUT2D eigenvalue weighted by atomic mass is 32.2. The average Bonchev–Trinajstić information content (AvgIpc) is 3.18. The van der Waals surface area contributed by atoms with Gasteiger partial charge in [0.25, 0.3) is 0 Å². The summed E-state index contributed by atoms with van der Waals surface area (Å²) in [5.41, 5.74) is 1.11. The van der Waals surface area contributed by atoms with Crippen LogP contribution in [0.1, 0.15) is 17.0 Å². The summed E-state index contributed by atoms with van der Waals surface area (Å²) in [5.74, 6) is 1.48. The third-order valence-electron chi connectivity index (χ3n) is 3.87. The smallest absolute Gasteiger partial charge is 0.248 e. The van der Waals surface area contributed by atoms with Gasteiger partial charge in [0.2, 0.25) is 16.8 Å². The van der Waals surface area contributed by atoms with Gasteiger partial charge < -0.3 is 18.9 Å². The number of hydrogen-bond donors (Lipinski definition) is 0. The van der Waals surface area contributed by atoms with Gasteiger partial charge in [-0.2, -0.15) is 4.31 Å². The van der Waals surface area contributed by atoms with Gasteiger partial charge in [0.1, 0.15) is 5.69 Å². The second-order valence-corrected chi connectivity index (χ2v) is 8.17. The molecule has 8 nitrogen and oxygen atoms in total. The Kier molecular flexibility index (Phi) is 4.92. The van der Waals surface area contributed by atoms with E-state index in [-0.39, 0.29) is 24.0 Å². The summed E-state index contributed by atoms with van der Waals surface area (Å²) < 4.78 is 43.1. The highest BCUT2D eigenvalue weighted by molar-refractivity contribution is 7.89. The van der Waals surface area contributed by atoms with E-state index in [4.69, 9.17) is 14.0 Å². The Labute approximate surface area is 152 Å². The van der Waals surface area contributed by atoms with Crippen LogP contribution in [0.5, 0.6) is 11.5 Å². The standard InChI is InChI=1S/C17H21N3O5S/c1-12-17(15(25-18-12)7-8-19(2)3)26(21,22)20(4)10-13-5-6-14-16(9-13)24-11-23-14/h5-9H,10-11H2,1-4H3/b8-7+. The van der Waals surface area contributed by atoms with E-state index in [1.54, 1.807) is 36.2 Å². The van der Waals surface area contributed by atoms with Gasteiger partial charge in [-0.05, 0) is 24.6 Å². The van der Waals surface area contributed by atoms with Crippen molar-refractivity contribution in [3.05, 3.63) is 41.4 Å². The minimum absolute atomic E-state index is 0.0684. The lowest BCUT2D eigenvalue weighted by Crippen LogP contribution is -2.27. The summed E-state index contributed by atoms with van der Waals surface area (Å²) >= 11 is 0. The summed E-state index contributed by atoms with van der Waals surface area (Å²) in [6.45, 7) is 1.96. The number of nitrogens with zero attached hydrogens (tertiary/aromatic N) is 3. The van der Waals surface area contributed by atoms with Crippen molar-refractivity contribution >= 4 is 16.1 Å².